The summed E-state index contributed by atoms with van der Waals surface area (Å²) in [6.07, 6.45) is 1.62. The van der Waals surface area contributed by atoms with Crippen molar-refractivity contribution in [2.45, 2.75) is 13.0 Å². The van der Waals surface area contributed by atoms with E-state index >= 15 is 0 Å². The normalized spacial score (nSPS) is 12.4. The number of hydrogen-bond donors (Lipinski definition) is 1. The second-order valence-corrected chi connectivity index (χ2v) is 4.87. The van der Waals surface area contributed by atoms with Crippen molar-refractivity contribution < 1.29 is 13.5 Å². The summed E-state index contributed by atoms with van der Waals surface area (Å²) in [6, 6.07) is 6.48. The van der Waals surface area contributed by atoms with Gasteiger partial charge in [0.2, 0.25) is 0 Å². The highest BCUT2D eigenvalue weighted by Crippen LogP contribution is 2.31. The van der Waals surface area contributed by atoms with E-state index in [1.54, 1.807) is 18.4 Å². The Labute approximate surface area is 119 Å². The molecule has 0 radical (unpaired) electrons. The Morgan fingerprint density at radius 2 is 2.21 bits per heavy atom. The Balaban J connectivity index is 2.42. The first-order chi connectivity index (χ1) is 9.17. The SMILES string of the molecule is CCNC(c1ccc(F)c(OC)c1)c1occc1Br. The van der Waals surface area contributed by atoms with Crippen molar-refractivity contribution in [3.8, 4) is 5.75 Å². The predicted molar refractivity (Wildman–Crippen MR) is 74.9 cm³/mol. The Hall–Kier alpha value is -1.33. The summed E-state index contributed by atoms with van der Waals surface area (Å²) < 4.78 is 24.8. The average Bonchev–Trinajstić information content (AvgIpc) is 2.83. The van der Waals surface area contributed by atoms with Gasteiger partial charge in [0.05, 0.1) is 23.9 Å². The minimum atomic E-state index is -0.375. The number of rotatable bonds is 5. The zero-order chi connectivity index (χ0) is 13.8. The van der Waals surface area contributed by atoms with E-state index in [4.69, 9.17) is 9.15 Å². The van der Waals surface area contributed by atoms with E-state index in [-0.39, 0.29) is 17.6 Å². The maximum atomic E-state index is 13.5. The predicted octanol–water partition coefficient (Wildman–Crippen LogP) is 3.89. The molecule has 102 valence electrons. The molecule has 1 heterocycles. The van der Waals surface area contributed by atoms with Crippen molar-refractivity contribution in [3.05, 3.63) is 52.1 Å². The van der Waals surface area contributed by atoms with Crippen molar-refractivity contribution in [1.82, 2.24) is 5.32 Å². The summed E-state index contributed by atoms with van der Waals surface area (Å²) in [4.78, 5) is 0. The van der Waals surface area contributed by atoms with E-state index in [0.29, 0.717) is 0 Å². The average molecular weight is 328 g/mol. The molecule has 1 aromatic carbocycles. The molecule has 0 amide bonds. The highest BCUT2D eigenvalue weighted by atomic mass is 79.9. The van der Waals surface area contributed by atoms with Crippen LogP contribution in [0.3, 0.4) is 0 Å². The molecular weight excluding hydrogens is 313 g/mol. The summed E-state index contributed by atoms with van der Waals surface area (Å²) in [5.41, 5.74) is 0.885. The van der Waals surface area contributed by atoms with E-state index in [2.05, 4.69) is 21.2 Å². The quantitative estimate of drug-likeness (QED) is 0.904. The lowest BCUT2D eigenvalue weighted by Gasteiger charge is -2.17. The van der Waals surface area contributed by atoms with E-state index < -0.39 is 0 Å². The van der Waals surface area contributed by atoms with Gasteiger partial charge in [0.25, 0.3) is 0 Å². The van der Waals surface area contributed by atoms with Crippen LogP contribution in [0.4, 0.5) is 4.39 Å². The van der Waals surface area contributed by atoms with Crippen molar-refractivity contribution in [1.29, 1.82) is 0 Å². The number of methoxy groups -OCH3 is 1. The molecule has 3 nitrogen and oxygen atoms in total. The molecule has 1 unspecified atom stereocenters. The molecule has 0 spiro atoms. The molecule has 2 rings (SSSR count). The zero-order valence-electron chi connectivity index (χ0n) is 10.7. The fourth-order valence-corrected chi connectivity index (χ4v) is 2.36. The van der Waals surface area contributed by atoms with Crippen LogP contribution < -0.4 is 10.1 Å². The van der Waals surface area contributed by atoms with Crippen LogP contribution in [0.2, 0.25) is 0 Å². The van der Waals surface area contributed by atoms with Crippen LogP contribution in [-0.4, -0.2) is 13.7 Å². The van der Waals surface area contributed by atoms with Crippen LogP contribution >= 0.6 is 15.9 Å². The molecular formula is C14H15BrFNO2. The molecule has 2 aromatic rings. The zero-order valence-corrected chi connectivity index (χ0v) is 12.3. The molecule has 0 fully saturated rings. The minimum absolute atomic E-state index is 0.149. The maximum absolute atomic E-state index is 13.5. The first-order valence-corrected chi connectivity index (χ1v) is 6.76. The lowest BCUT2D eigenvalue weighted by molar-refractivity contribution is 0.384. The molecule has 1 atom stereocenters. The number of halogens is 2. The number of nitrogens with one attached hydrogen (secondary N) is 1. The fourth-order valence-electron chi connectivity index (χ4n) is 1.93. The van der Waals surface area contributed by atoms with Gasteiger partial charge in [-0.25, -0.2) is 4.39 Å². The molecule has 5 heteroatoms. The number of ether oxygens (including phenoxy) is 1. The highest BCUT2D eigenvalue weighted by Gasteiger charge is 2.20. The summed E-state index contributed by atoms with van der Waals surface area (Å²) in [7, 11) is 1.45. The molecule has 0 aliphatic rings. The molecule has 19 heavy (non-hydrogen) atoms. The summed E-state index contributed by atoms with van der Waals surface area (Å²) in [6.45, 7) is 2.77. The molecule has 0 saturated heterocycles. The number of hydrogen-bond acceptors (Lipinski definition) is 3. The summed E-state index contributed by atoms with van der Waals surface area (Å²) in [5.74, 6) is 0.610. The lowest BCUT2D eigenvalue weighted by atomic mass is 10.0. The second kappa shape index (κ2) is 6.21. The Bertz CT molecular complexity index is 556. The lowest BCUT2D eigenvalue weighted by Crippen LogP contribution is -2.22. The Kier molecular flexibility index (Phi) is 4.61. The monoisotopic (exact) mass is 327 g/mol. The number of benzene rings is 1. The topological polar surface area (TPSA) is 34.4 Å². The van der Waals surface area contributed by atoms with Gasteiger partial charge in [-0.2, -0.15) is 0 Å². The molecule has 0 aliphatic heterocycles. The van der Waals surface area contributed by atoms with Crippen LogP contribution in [-0.2, 0) is 0 Å². The molecule has 0 bridgehead atoms. The van der Waals surface area contributed by atoms with Crippen LogP contribution in [0, 0.1) is 5.82 Å². The second-order valence-electron chi connectivity index (χ2n) is 4.02. The third-order valence-corrected chi connectivity index (χ3v) is 3.48. The highest BCUT2D eigenvalue weighted by molar-refractivity contribution is 9.10. The van der Waals surface area contributed by atoms with Crippen LogP contribution in [0.25, 0.3) is 0 Å². The largest absolute Gasteiger partial charge is 0.494 e. The van der Waals surface area contributed by atoms with E-state index in [1.807, 2.05) is 13.0 Å². The summed E-state index contributed by atoms with van der Waals surface area (Å²) in [5, 5.41) is 3.31. The van der Waals surface area contributed by atoms with E-state index in [9.17, 15) is 4.39 Å². The van der Waals surface area contributed by atoms with Crippen molar-refractivity contribution in [2.75, 3.05) is 13.7 Å². The van der Waals surface area contributed by atoms with Crippen LogP contribution in [0.1, 0.15) is 24.3 Å². The third-order valence-electron chi connectivity index (χ3n) is 2.82. The summed E-state index contributed by atoms with van der Waals surface area (Å²) >= 11 is 3.45. The standard InChI is InChI=1S/C14H15BrFNO2/c1-3-17-13(14-10(15)6-7-19-14)9-4-5-11(16)12(8-9)18-2/h4-8,13,17H,3H2,1-2H3. The maximum Gasteiger partial charge on any atom is 0.165 e. The van der Waals surface area contributed by atoms with Crippen LogP contribution in [0.15, 0.2) is 39.4 Å². The van der Waals surface area contributed by atoms with Crippen molar-refractivity contribution in [2.24, 2.45) is 0 Å². The van der Waals surface area contributed by atoms with Crippen LogP contribution in [0.5, 0.6) is 5.75 Å². The Morgan fingerprint density at radius 3 is 2.79 bits per heavy atom. The molecule has 1 N–H and O–H groups in total. The van der Waals surface area contributed by atoms with Gasteiger partial charge >= 0.3 is 0 Å². The number of furan rings is 1. The van der Waals surface area contributed by atoms with Gasteiger partial charge in [-0.3, -0.25) is 0 Å². The van der Waals surface area contributed by atoms with Gasteiger partial charge in [0, 0.05) is 0 Å². The van der Waals surface area contributed by atoms with Gasteiger partial charge in [-0.1, -0.05) is 13.0 Å². The third kappa shape index (κ3) is 2.98. The van der Waals surface area contributed by atoms with Gasteiger partial charge in [-0.15, -0.1) is 0 Å². The van der Waals surface area contributed by atoms with Gasteiger partial charge < -0.3 is 14.5 Å². The molecule has 0 aliphatic carbocycles. The van der Waals surface area contributed by atoms with Gasteiger partial charge in [0.15, 0.2) is 11.6 Å². The molecule has 0 saturated carbocycles. The van der Waals surface area contributed by atoms with E-state index in [0.717, 1.165) is 22.3 Å². The first-order valence-electron chi connectivity index (χ1n) is 5.97. The first kappa shape index (κ1) is 14.1. The van der Waals surface area contributed by atoms with Crippen molar-refractivity contribution in [3.63, 3.8) is 0 Å². The minimum Gasteiger partial charge on any atom is -0.494 e. The Morgan fingerprint density at radius 1 is 1.42 bits per heavy atom. The van der Waals surface area contributed by atoms with Gasteiger partial charge in [-0.05, 0) is 46.2 Å². The van der Waals surface area contributed by atoms with Crippen molar-refractivity contribution >= 4 is 15.9 Å². The van der Waals surface area contributed by atoms with E-state index in [1.165, 1.54) is 13.2 Å². The fraction of sp³-hybridized carbons (Fsp3) is 0.286. The smallest absolute Gasteiger partial charge is 0.165 e. The molecule has 1 aromatic heterocycles. The van der Waals surface area contributed by atoms with Gasteiger partial charge in [0.1, 0.15) is 5.76 Å².